The van der Waals surface area contributed by atoms with Crippen molar-refractivity contribution < 1.29 is 5.11 Å². The van der Waals surface area contributed by atoms with Gasteiger partial charge in [-0.05, 0) is 36.0 Å². The Hall–Kier alpha value is -1.38. The number of pyridine rings is 1. The molecule has 0 spiro atoms. The van der Waals surface area contributed by atoms with Gasteiger partial charge < -0.3 is 5.11 Å². The second-order valence-corrected chi connectivity index (χ2v) is 4.82. The fourth-order valence-electron chi connectivity index (χ4n) is 2.03. The smallest absolute Gasteiger partial charge is 0.0621 e. The van der Waals surface area contributed by atoms with Crippen LogP contribution in [-0.2, 0) is 12.8 Å². The van der Waals surface area contributed by atoms with Crippen LogP contribution in [0.15, 0.2) is 48.8 Å². The predicted molar refractivity (Wildman–Crippen MR) is 73.7 cm³/mol. The second kappa shape index (κ2) is 6.53. The Morgan fingerprint density at radius 3 is 2.56 bits per heavy atom. The third-order valence-corrected chi connectivity index (χ3v) is 3.33. The molecule has 3 heteroatoms. The molecule has 2 rings (SSSR count). The van der Waals surface area contributed by atoms with Crippen molar-refractivity contribution in [1.29, 1.82) is 0 Å². The number of hydrogen-bond acceptors (Lipinski definition) is 2. The summed E-state index contributed by atoms with van der Waals surface area (Å²) in [4.78, 5) is 3.97. The van der Waals surface area contributed by atoms with Gasteiger partial charge >= 0.3 is 0 Å². The van der Waals surface area contributed by atoms with Crippen LogP contribution in [0.4, 0.5) is 0 Å². The van der Waals surface area contributed by atoms with E-state index in [9.17, 15) is 5.11 Å². The van der Waals surface area contributed by atoms with E-state index in [2.05, 4.69) is 17.1 Å². The topological polar surface area (TPSA) is 33.1 Å². The highest BCUT2D eigenvalue weighted by molar-refractivity contribution is 6.31. The first-order valence-corrected chi connectivity index (χ1v) is 6.40. The van der Waals surface area contributed by atoms with Crippen molar-refractivity contribution in [1.82, 2.24) is 4.98 Å². The lowest BCUT2D eigenvalue weighted by molar-refractivity contribution is 0.225. The molecule has 0 aliphatic carbocycles. The van der Waals surface area contributed by atoms with E-state index in [1.54, 1.807) is 12.4 Å². The van der Waals surface area contributed by atoms with Crippen molar-refractivity contribution in [2.45, 2.75) is 12.8 Å². The standard InChI is InChI=1S/C15H16ClNO/c16-15-10-17-7-6-14(15)9-13(11-18)8-12-4-2-1-3-5-12/h1-7,10,13,18H,8-9,11H2. The van der Waals surface area contributed by atoms with Crippen LogP contribution in [0.1, 0.15) is 11.1 Å². The molecule has 0 bridgehead atoms. The SMILES string of the molecule is OCC(Cc1ccccc1)Cc1ccncc1Cl. The molecule has 18 heavy (non-hydrogen) atoms. The Morgan fingerprint density at radius 2 is 1.89 bits per heavy atom. The minimum atomic E-state index is 0.160. The summed E-state index contributed by atoms with van der Waals surface area (Å²) in [5.74, 6) is 0.187. The van der Waals surface area contributed by atoms with Crippen molar-refractivity contribution in [2.75, 3.05) is 6.61 Å². The van der Waals surface area contributed by atoms with E-state index in [0.29, 0.717) is 5.02 Å². The van der Waals surface area contributed by atoms with Gasteiger partial charge in [0.2, 0.25) is 0 Å². The molecule has 1 aromatic heterocycles. The molecular formula is C15H16ClNO. The maximum atomic E-state index is 9.48. The van der Waals surface area contributed by atoms with E-state index in [-0.39, 0.29) is 12.5 Å². The Bertz CT molecular complexity index is 487. The van der Waals surface area contributed by atoms with Gasteiger partial charge in [-0.15, -0.1) is 0 Å². The largest absolute Gasteiger partial charge is 0.396 e. The van der Waals surface area contributed by atoms with Gasteiger partial charge in [0.25, 0.3) is 0 Å². The molecule has 0 saturated carbocycles. The number of halogens is 1. The van der Waals surface area contributed by atoms with Crippen molar-refractivity contribution in [3.63, 3.8) is 0 Å². The van der Waals surface area contributed by atoms with E-state index >= 15 is 0 Å². The number of rotatable bonds is 5. The molecule has 1 aromatic carbocycles. The zero-order valence-corrected chi connectivity index (χ0v) is 10.8. The summed E-state index contributed by atoms with van der Waals surface area (Å²) < 4.78 is 0. The number of benzene rings is 1. The number of aliphatic hydroxyl groups is 1. The van der Waals surface area contributed by atoms with Crippen LogP contribution in [0.2, 0.25) is 5.02 Å². The van der Waals surface area contributed by atoms with Gasteiger partial charge in [0.05, 0.1) is 5.02 Å². The number of aromatic nitrogens is 1. The summed E-state index contributed by atoms with van der Waals surface area (Å²) in [7, 11) is 0. The van der Waals surface area contributed by atoms with E-state index < -0.39 is 0 Å². The van der Waals surface area contributed by atoms with Crippen LogP contribution in [0.5, 0.6) is 0 Å². The zero-order chi connectivity index (χ0) is 12.8. The molecule has 94 valence electrons. The first kappa shape index (κ1) is 13.1. The molecule has 0 saturated heterocycles. The molecule has 1 N–H and O–H groups in total. The van der Waals surface area contributed by atoms with Crippen LogP contribution in [0, 0.1) is 5.92 Å². The predicted octanol–water partition coefficient (Wildman–Crippen LogP) is 3.13. The highest BCUT2D eigenvalue weighted by atomic mass is 35.5. The van der Waals surface area contributed by atoms with E-state index in [1.807, 2.05) is 24.3 Å². The highest BCUT2D eigenvalue weighted by Gasteiger charge is 2.11. The molecule has 0 aliphatic rings. The lowest BCUT2D eigenvalue weighted by atomic mass is 9.94. The number of nitrogens with zero attached hydrogens (tertiary/aromatic N) is 1. The average molecular weight is 262 g/mol. The molecular weight excluding hydrogens is 246 g/mol. The molecule has 2 aromatic rings. The molecule has 0 aliphatic heterocycles. The third kappa shape index (κ3) is 3.56. The van der Waals surface area contributed by atoms with Crippen molar-refractivity contribution in [2.24, 2.45) is 5.92 Å². The molecule has 2 nitrogen and oxygen atoms in total. The fourth-order valence-corrected chi connectivity index (χ4v) is 2.23. The molecule has 1 heterocycles. The third-order valence-electron chi connectivity index (χ3n) is 2.99. The second-order valence-electron chi connectivity index (χ2n) is 4.41. The number of aliphatic hydroxyl groups excluding tert-OH is 1. The van der Waals surface area contributed by atoms with E-state index in [0.717, 1.165) is 18.4 Å². The monoisotopic (exact) mass is 261 g/mol. The van der Waals surface area contributed by atoms with Gasteiger partial charge in [-0.2, -0.15) is 0 Å². The Morgan fingerprint density at radius 1 is 1.11 bits per heavy atom. The molecule has 0 amide bonds. The zero-order valence-electron chi connectivity index (χ0n) is 10.1. The van der Waals surface area contributed by atoms with Crippen LogP contribution >= 0.6 is 11.6 Å². The Balaban J connectivity index is 2.04. The first-order chi connectivity index (χ1) is 8.79. The fraction of sp³-hybridized carbons (Fsp3) is 0.267. The van der Waals surface area contributed by atoms with Gasteiger partial charge in [-0.25, -0.2) is 0 Å². The summed E-state index contributed by atoms with van der Waals surface area (Å²) in [5.41, 5.74) is 2.28. The summed E-state index contributed by atoms with van der Waals surface area (Å²) >= 11 is 6.08. The molecule has 1 atom stereocenters. The van der Waals surface area contributed by atoms with Crippen molar-refractivity contribution in [3.8, 4) is 0 Å². The van der Waals surface area contributed by atoms with Gasteiger partial charge in [-0.1, -0.05) is 41.9 Å². The lowest BCUT2D eigenvalue weighted by Gasteiger charge is -2.15. The van der Waals surface area contributed by atoms with E-state index in [4.69, 9.17) is 11.6 Å². The van der Waals surface area contributed by atoms with Crippen LogP contribution in [-0.4, -0.2) is 16.7 Å². The van der Waals surface area contributed by atoms with Crippen LogP contribution in [0.25, 0.3) is 0 Å². The van der Waals surface area contributed by atoms with Gasteiger partial charge in [0, 0.05) is 19.0 Å². The van der Waals surface area contributed by atoms with Gasteiger partial charge in [0.1, 0.15) is 0 Å². The molecule has 0 fully saturated rings. The molecule has 1 unspecified atom stereocenters. The maximum Gasteiger partial charge on any atom is 0.0621 e. The lowest BCUT2D eigenvalue weighted by Crippen LogP contribution is -2.13. The van der Waals surface area contributed by atoms with Crippen LogP contribution in [0.3, 0.4) is 0 Å². The molecule has 0 radical (unpaired) electrons. The van der Waals surface area contributed by atoms with Gasteiger partial charge in [0.15, 0.2) is 0 Å². The summed E-state index contributed by atoms with van der Waals surface area (Å²) in [6, 6.07) is 12.1. The summed E-state index contributed by atoms with van der Waals surface area (Å²) in [6.07, 6.45) is 5.01. The van der Waals surface area contributed by atoms with Crippen molar-refractivity contribution >= 4 is 11.6 Å². The van der Waals surface area contributed by atoms with Gasteiger partial charge in [-0.3, -0.25) is 4.98 Å². The Kier molecular flexibility index (Phi) is 4.73. The minimum Gasteiger partial charge on any atom is -0.396 e. The quantitative estimate of drug-likeness (QED) is 0.897. The first-order valence-electron chi connectivity index (χ1n) is 6.02. The van der Waals surface area contributed by atoms with Crippen molar-refractivity contribution in [3.05, 3.63) is 64.9 Å². The normalized spacial score (nSPS) is 12.3. The maximum absolute atomic E-state index is 9.48. The highest BCUT2D eigenvalue weighted by Crippen LogP contribution is 2.20. The average Bonchev–Trinajstić information content (AvgIpc) is 2.41. The Labute approximate surface area is 112 Å². The minimum absolute atomic E-state index is 0.160. The van der Waals surface area contributed by atoms with Crippen LogP contribution < -0.4 is 0 Å². The van der Waals surface area contributed by atoms with E-state index in [1.165, 1.54) is 5.56 Å². The number of hydrogen-bond donors (Lipinski definition) is 1. The summed E-state index contributed by atoms with van der Waals surface area (Å²) in [5, 5.41) is 10.2. The summed E-state index contributed by atoms with van der Waals surface area (Å²) in [6.45, 7) is 0.160.